The lowest BCUT2D eigenvalue weighted by Crippen LogP contribution is -2.54. The van der Waals surface area contributed by atoms with Gasteiger partial charge >= 0.3 is 0 Å². The minimum absolute atomic E-state index is 0.0316. The molecule has 1 aliphatic heterocycles. The van der Waals surface area contributed by atoms with Crippen molar-refractivity contribution in [1.29, 1.82) is 0 Å². The number of nitrogens with two attached hydrogens (primary N) is 1. The van der Waals surface area contributed by atoms with E-state index in [1.54, 1.807) is 18.2 Å². The van der Waals surface area contributed by atoms with Crippen LogP contribution in [0.5, 0.6) is 0 Å². The highest BCUT2D eigenvalue weighted by atomic mass is 35.5. The molecule has 110 valence electrons. The summed E-state index contributed by atoms with van der Waals surface area (Å²) in [5.74, 6) is -0.0316. The lowest BCUT2D eigenvalue weighted by Gasteiger charge is -2.42. The molecule has 5 heteroatoms. The Kier molecular flexibility index (Phi) is 4.25. The van der Waals surface area contributed by atoms with Crippen molar-refractivity contribution in [2.45, 2.75) is 26.3 Å². The van der Waals surface area contributed by atoms with E-state index in [-0.39, 0.29) is 11.4 Å². The zero-order chi connectivity index (χ0) is 14.9. The molecule has 1 saturated heterocycles. The molecular formula is C15H22ClN3O. The summed E-state index contributed by atoms with van der Waals surface area (Å²) in [4.78, 5) is 16.7. The van der Waals surface area contributed by atoms with Gasteiger partial charge in [0.05, 0.1) is 10.6 Å². The van der Waals surface area contributed by atoms with Crippen molar-refractivity contribution in [3.8, 4) is 0 Å². The molecule has 0 unspecified atom stereocenters. The highest BCUT2D eigenvalue weighted by Gasteiger charge is 2.28. The summed E-state index contributed by atoms with van der Waals surface area (Å²) in [5, 5.41) is 0.461. The smallest absolute Gasteiger partial charge is 0.255 e. The number of nitrogens with zero attached hydrogens (tertiary/aromatic N) is 2. The average Bonchev–Trinajstić information content (AvgIpc) is 2.40. The number of benzene rings is 1. The molecule has 1 heterocycles. The van der Waals surface area contributed by atoms with Gasteiger partial charge in [0, 0.05) is 37.4 Å². The maximum absolute atomic E-state index is 12.5. The first-order valence-electron chi connectivity index (χ1n) is 6.88. The molecule has 20 heavy (non-hydrogen) atoms. The standard InChI is InChI=1S/C15H22ClN3O/c1-15(2,3)19-8-6-18(7-9-19)14(20)12-10-11(17)4-5-13(12)16/h4-5,10H,6-9,17H2,1-3H3. The van der Waals surface area contributed by atoms with Crippen LogP contribution >= 0.6 is 11.6 Å². The van der Waals surface area contributed by atoms with Crippen molar-refractivity contribution in [1.82, 2.24) is 9.80 Å². The molecule has 0 aromatic heterocycles. The quantitative estimate of drug-likeness (QED) is 0.810. The van der Waals surface area contributed by atoms with Gasteiger partial charge < -0.3 is 10.6 Å². The van der Waals surface area contributed by atoms with E-state index in [1.807, 2.05) is 4.90 Å². The van der Waals surface area contributed by atoms with Crippen LogP contribution in [-0.4, -0.2) is 47.4 Å². The summed E-state index contributed by atoms with van der Waals surface area (Å²) in [6, 6.07) is 5.03. The number of carbonyl (C=O) groups excluding carboxylic acids is 1. The van der Waals surface area contributed by atoms with E-state index in [4.69, 9.17) is 17.3 Å². The second-order valence-electron chi connectivity index (χ2n) is 6.19. The molecule has 0 spiro atoms. The third-order valence-electron chi connectivity index (χ3n) is 3.74. The lowest BCUT2D eigenvalue weighted by atomic mass is 10.0. The van der Waals surface area contributed by atoms with Crippen molar-refractivity contribution < 1.29 is 4.79 Å². The van der Waals surface area contributed by atoms with E-state index in [9.17, 15) is 4.79 Å². The van der Waals surface area contributed by atoms with Gasteiger partial charge in [-0.05, 0) is 39.0 Å². The monoisotopic (exact) mass is 295 g/mol. The van der Waals surface area contributed by atoms with Gasteiger partial charge in [0.15, 0.2) is 0 Å². The Morgan fingerprint density at radius 2 is 1.80 bits per heavy atom. The van der Waals surface area contributed by atoms with Crippen molar-refractivity contribution in [2.24, 2.45) is 0 Å². The first-order valence-corrected chi connectivity index (χ1v) is 7.26. The van der Waals surface area contributed by atoms with Crippen LogP contribution in [-0.2, 0) is 0 Å². The van der Waals surface area contributed by atoms with Crippen LogP contribution in [0.15, 0.2) is 18.2 Å². The van der Waals surface area contributed by atoms with E-state index in [2.05, 4.69) is 25.7 Å². The minimum atomic E-state index is -0.0316. The van der Waals surface area contributed by atoms with Gasteiger partial charge in [-0.1, -0.05) is 11.6 Å². The predicted molar refractivity (Wildman–Crippen MR) is 83.1 cm³/mol. The molecule has 1 amide bonds. The Bertz CT molecular complexity index is 502. The second kappa shape index (κ2) is 5.62. The molecule has 0 radical (unpaired) electrons. The number of hydrogen-bond acceptors (Lipinski definition) is 3. The van der Waals surface area contributed by atoms with Crippen LogP contribution < -0.4 is 5.73 Å². The Labute approximate surface area is 125 Å². The lowest BCUT2D eigenvalue weighted by molar-refractivity contribution is 0.0451. The Hall–Kier alpha value is -1.26. The molecule has 0 atom stereocenters. The fraction of sp³-hybridized carbons (Fsp3) is 0.533. The Morgan fingerprint density at radius 3 is 2.35 bits per heavy atom. The number of hydrogen-bond donors (Lipinski definition) is 1. The first kappa shape index (κ1) is 15.1. The second-order valence-corrected chi connectivity index (χ2v) is 6.60. The maximum atomic E-state index is 12.5. The number of amides is 1. The van der Waals surface area contributed by atoms with E-state index in [1.165, 1.54) is 0 Å². The molecule has 0 aliphatic carbocycles. The van der Waals surface area contributed by atoms with Gasteiger partial charge in [0.1, 0.15) is 0 Å². The third-order valence-corrected chi connectivity index (χ3v) is 4.07. The van der Waals surface area contributed by atoms with Crippen LogP contribution in [0.1, 0.15) is 31.1 Å². The van der Waals surface area contributed by atoms with E-state index >= 15 is 0 Å². The van der Waals surface area contributed by atoms with Gasteiger partial charge in [-0.3, -0.25) is 9.69 Å². The van der Waals surface area contributed by atoms with Crippen molar-refractivity contribution in [2.75, 3.05) is 31.9 Å². The number of nitrogen functional groups attached to an aromatic ring is 1. The SMILES string of the molecule is CC(C)(C)N1CCN(C(=O)c2cc(N)ccc2Cl)CC1. The van der Waals surface area contributed by atoms with Crippen LogP contribution in [0, 0.1) is 0 Å². The topological polar surface area (TPSA) is 49.6 Å². The summed E-state index contributed by atoms with van der Waals surface area (Å²) in [6.07, 6.45) is 0. The number of anilines is 1. The van der Waals surface area contributed by atoms with Crippen molar-refractivity contribution in [3.63, 3.8) is 0 Å². The van der Waals surface area contributed by atoms with Crippen LogP contribution in [0.4, 0.5) is 5.69 Å². The summed E-state index contributed by atoms with van der Waals surface area (Å²) in [5.41, 5.74) is 6.94. The largest absolute Gasteiger partial charge is 0.399 e. The van der Waals surface area contributed by atoms with Gasteiger partial charge in [-0.25, -0.2) is 0 Å². The summed E-state index contributed by atoms with van der Waals surface area (Å²) in [7, 11) is 0. The van der Waals surface area contributed by atoms with E-state index < -0.39 is 0 Å². The van der Waals surface area contributed by atoms with Gasteiger partial charge in [-0.2, -0.15) is 0 Å². The number of halogens is 1. The highest BCUT2D eigenvalue weighted by Crippen LogP contribution is 2.22. The zero-order valence-electron chi connectivity index (χ0n) is 12.3. The zero-order valence-corrected chi connectivity index (χ0v) is 13.1. The van der Waals surface area contributed by atoms with Crippen molar-refractivity contribution in [3.05, 3.63) is 28.8 Å². The molecule has 4 nitrogen and oxygen atoms in total. The number of carbonyl (C=O) groups is 1. The predicted octanol–water partition coefficient (Wildman–Crippen LogP) is 2.48. The number of rotatable bonds is 1. The molecule has 1 aromatic rings. The summed E-state index contributed by atoms with van der Waals surface area (Å²) >= 11 is 6.10. The molecule has 1 aromatic carbocycles. The minimum Gasteiger partial charge on any atom is -0.399 e. The molecule has 1 fully saturated rings. The number of piperazine rings is 1. The van der Waals surface area contributed by atoms with Crippen molar-refractivity contribution >= 4 is 23.2 Å². The van der Waals surface area contributed by atoms with E-state index in [0.717, 1.165) is 26.2 Å². The normalized spacial score (nSPS) is 17.3. The average molecular weight is 296 g/mol. The first-order chi connectivity index (χ1) is 9.29. The fourth-order valence-electron chi connectivity index (χ4n) is 2.46. The fourth-order valence-corrected chi connectivity index (χ4v) is 2.66. The molecule has 2 N–H and O–H groups in total. The summed E-state index contributed by atoms with van der Waals surface area (Å²) in [6.45, 7) is 9.80. The molecule has 0 bridgehead atoms. The molecule has 2 rings (SSSR count). The van der Waals surface area contributed by atoms with Crippen LogP contribution in [0.25, 0.3) is 0 Å². The Morgan fingerprint density at radius 1 is 1.20 bits per heavy atom. The molecule has 1 aliphatic rings. The van der Waals surface area contributed by atoms with Crippen LogP contribution in [0.3, 0.4) is 0 Å². The van der Waals surface area contributed by atoms with Gasteiger partial charge in [-0.15, -0.1) is 0 Å². The van der Waals surface area contributed by atoms with Gasteiger partial charge in [0.25, 0.3) is 5.91 Å². The van der Waals surface area contributed by atoms with E-state index in [0.29, 0.717) is 16.3 Å². The summed E-state index contributed by atoms with van der Waals surface area (Å²) < 4.78 is 0. The Balaban J connectivity index is 2.07. The molecule has 0 saturated carbocycles. The maximum Gasteiger partial charge on any atom is 0.255 e. The highest BCUT2D eigenvalue weighted by molar-refractivity contribution is 6.34. The third kappa shape index (κ3) is 3.25. The van der Waals surface area contributed by atoms with Gasteiger partial charge in [0.2, 0.25) is 0 Å². The van der Waals surface area contributed by atoms with Crippen LogP contribution in [0.2, 0.25) is 5.02 Å². The molecular weight excluding hydrogens is 274 g/mol.